The Morgan fingerprint density at radius 1 is 1.08 bits per heavy atom. The minimum absolute atomic E-state index is 0.139. The Morgan fingerprint density at radius 3 is 1.75 bits per heavy atom. The SMILES string of the molecule is C[SiH](C)C.OCc1ccccc1. The van der Waals surface area contributed by atoms with Gasteiger partial charge in [-0.25, -0.2) is 0 Å². The summed E-state index contributed by atoms with van der Waals surface area (Å²) in [5.41, 5.74) is 0.965. The zero-order chi connectivity index (χ0) is 9.40. The molecule has 0 bridgehead atoms. The number of hydrogen-bond donors (Lipinski definition) is 1. The van der Waals surface area contributed by atoms with Crippen LogP contribution in [-0.2, 0) is 6.61 Å². The van der Waals surface area contributed by atoms with E-state index in [1.54, 1.807) is 0 Å². The van der Waals surface area contributed by atoms with Gasteiger partial charge in [-0.15, -0.1) is 0 Å². The Morgan fingerprint density at radius 2 is 1.50 bits per heavy atom. The predicted molar refractivity (Wildman–Crippen MR) is 57.1 cm³/mol. The zero-order valence-electron chi connectivity index (χ0n) is 8.12. The van der Waals surface area contributed by atoms with E-state index in [-0.39, 0.29) is 15.4 Å². The number of rotatable bonds is 1. The van der Waals surface area contributed by atoms with E-state index in [4.69, 9.17) is 5.11 Å². The van der Waals surface area contributed by atoms with Gasteiger partial charge in [0.05, 0.1) is 6.61 Å². The number of benzene rings is 1. The maximum atomic E-state index is 8.54. The van der Waals surface area contributed by atoms with Gasteiger partial charge in [-0.05, 0) is 5.56 Å². The summed E-state index contributed by atoms with van der Waals surface area (Å²) in [4.78, 5) is 0. The van der Waals surface area contributed by atoms with Crippen LogP contribution in [0.15, 0.2) is 30.3 Å². The van der Waals surface area contributed by atoms with Gasteiger partial charge >= 0.3 is 0 Å². The first-order valence-electron chi connectivity index (χ1n) is 4.31. The van der Waals surface area contributed by atoms with Crippen molar-refractivity contribution >= 4 is 8.80 Å². The summed E-state index contributed by atoms with van der Waals surface area (Å²) in [7, 11) is -0.139. The lowest BCUT2D eigenvalue weighted by Gasteiger charge is -1.89. The van der Waals surface area contributed by atoms with Crippen LogP contribution in [0.3, 0.4) is 0 Å². The Labute approximate surface area is 76.7 Å². The molecular formula is C10H18OSi. The standard InChI is InChI=1S/C7H8O.C3H10Si/c8-6-7-4-2-1-3-5-7;1-4(2)3/h1-5,8H,6H2;4H,1-3H3. The molecule has 0 saturated carbocycles. The highest BCUT2D eigenvalue weighted by atomic mass is 28.3. The van der Waals surface area contributed by atoms with Crippen LogP contribution in [0.1, 0.15) is 5.56 Å². The average molecular weight is 182 g/mol. The molecule has 0 atom stereocenters. The molecule has 0 unspecified atom stereocenters. The van der Waals surface area contributed by atoms with Crippen LogP contribution in [0.4, 0.5) is 0 Å². The van der Waals surface area contributed by atoms with Gasteiger partial charge in [0.15, 0.2) is 0 Å². The first-order chi connectivity index (χ1) is 5.66. The van der Waals surface area contributed by atoms with E-state index in [1.165, 1.54) is 0 Å². The molecule has 0 aliphatic carbocycles. The summed E-state index contributed by atoms with van der Waals surface area (Å²) in [5.74, 6) is 0. The van der Waals surface area contributed by atoms with Crippen LogP contribution < -0.4 is 0 Å². The van der Waals surface area contributed by atoms with Gasteiger partial charge in [0, 0.05) is 8.80 Å². The normalized spacial score (nSPS) is 9.08. The van der Waals surface area contributed by atoms with Crippen molar-refractivity contribution < 1.29 is 5.11 Å². The van der Waals surface area contributed by atoms with Crippen molar-refractivity contribution in [2.45, 2.75) is 26.2 Å². The molecule has 0 aliphatic heterocycles. The fourth-order valence-electron chi connectivity index (χ4n) is 0.583. The first-order valence-corrected chi connectivity index (χ1v) is 7.78. The van der Waals surface area contributed by atoms with Gasteiger partial charge in [-0.1, -0.05) is 50.0 Å². The number of hydrogen-bond acceptors (Lipinski definition) is 1. The summed E-state index contributed by atoms with van der Waals surface area (Å²) in [6.07, 6.45) is 0. The third kappa shape index (κ3) is 7.50. The van der Waals surface area contributed by atoms with Crippen molar-refractivity contribution in [2.24, 2.45) is 0 Å². The van der Waals surface area contributed by atoms with Crippen LogP contribution in [0, 0.1) is 0 Å². The lowest BCUT2D eigenvalue weighted by Crippen LogP contribution is -1.84. The molecule has 1 aromatic carbocycles. The van der Waals surface area contributed by atoms with Crippen LogP contribution in [0.5, 0.6) is 0 Å². The van der Waals surface area contributed by atoms with E-state index in [9.17, 15) is 0 Å². The maximum absolute atomic E-state index is 8.54. The van der Waals surface area contributed by atoms with Crippen molar-refractivity contribution in [2.75, 3.05) is 0 Å². The van der Waals surface area contributed by atoms with E-state index < -0.39 is 0 Å². The van der Waals surface area contributed by atoms with Crippen molar-refractivity contribution in [3.63, 3.8) is 0 Å². The molecule has 1 aromatic rings. The molecule has 0 heterocycles. The monoisotopic (exact) mass is 182 g/mol. The first kappa shape index (κ1) is 11.4. The van der Waals surface area contributed by atoms with Crippen molar-refractivity contribution in [1.29, 1.82) is 0 Å². The van der Waals surface area contributed by atoms with Crippen LogP contribution >= 0.6 is 0 Å². The molecule has 0 fully saturated rings. The molecular weight excluding hydrogens is 164 g/mol. The van der Waals surface area contributed by atoms with E-state index in [2.05, 4.69) is 19.6 Å². The van der Waals surface area contributed by atoms with Gasteiger partial charge in [0.25, 0.3) is 0 Å². The van der Waals surface area contributed by atoms with E-state index in [0.717, 1.165) is 5.56 Å². The van der Waals surface area contributed by atoms with Gasteiger partial charge in [-0.3, -0.25) is 0 Å². The number of aliphatic hydroxyl groups excluding tert-OH is 1. The second-order valence-electron chi connectivity index (χ2n) is 3.38. The second-order valence-corrected chi connectivity index (χ2v) is 6.84. The second kappa shape index (κ2) is 7.07. The van der Waals surface area contributed by atoms with Gasteiger partial charge < -0.3 is 5.11 Å². The Hall–Kier alpha value is -0.603. The Kier molecular flexibility index (Phi) is 6.71. The van der Waals surface area contributed by atoms with E-state index in [1.807, 2.05) is 30.3 Å². The van der Waals surface area contributed by atoms with Crippen LogP contribution in [0.25, 0.3) is 0 Å². The molecule has 0 amide bonds. The lowest BCUT2D eigenvalue weighted by molar-refractivity contribution is 0.282. The maximum Gasteiger partial charge on any atom is 0.0681 e. The van der Waals surface area contributed by atoms with Crippen molar-refractivity contribution in [3.05, 3.63) is 35.9 Å². The highest BCUT2D eigenvalue weighted by Crippen LogP contribution is 1.95. The molecule has 1 nitrogen and oxygen atoms in total. The largest absolute Gasteiger partial charge is 0.392 e. The topological polar surface area (TPSA) is 20.2 Å². The fourth-order valence-corrected chi connectivity index (χ4v) is 0.583. The minimum atomic E-state index is -0.139. The quantitative estimate of drug-likeness (QED) is 0.661. The zero-order valence-corrected chi connectivity index (χ0v) is 9.27. The van der Waals surface area contributed by atoms with Gasteiger partial charge in [0.1, 0.15) is 0 Å². The summed E-state index contributed by atoms with van der Waals surface area (Å²) in [6, 6.07) is 9.52. The average Bonchev–Trinajstić information content (AvgIpc) is 2.05. The van der Waals surface area contributed by atoms with Crippen molar-refractivity contribution in [1.82, 2.24) is 0 Å². The summed E-state index contributed by atoms with van der Waals surface area (Å²) < 4.78 is 0. The van der Waals surface area contributed by atoms with E-state index in [0.29, 0.717) is 0 Å². The van der Waals surface area contributed by atoms with E-state index >= 15 is 0 Å². The third-order valence-corrected chi connectivity index (χ3v) is 1.03. The minimum Gasteiger partial charge on any atom is -0.392 e. The fraction of sp³-hybridized carbons (Fsp3) is 0.400. The summed E-state index contributed by atoms with van der Waals surface area (Å²) in [5, 5.41) is 8.54. The summed E-state index contributed by atoms with van der Waals surface area (Å²) >= 11 is 0. The number of aliphatic hydroxyl groups is 1. The lowest BCUT2D eigenvalue weighted by atomic mass is 10.2. The Balaban J connectivity index is 0.000000261. The molecule has 2 heteroatoms. The molecule has 12 heavy (non-hydrogen) atoms. The molecule has 0 aromatic heterocycles. The van der Waals surface area contributed by atoms with Crippen molar-refractivity contribution in [3.8, 4) is 0 Å². The molecule has 0 saturated heterocycles. The summed E-state index contributed by atoms with van der Waals surface area (Å²) in [6.45, 7) is 7.06. The van der Waals surface area contributed by atoms with Gasteiger partial charge in [0.2, 0.25) is 0 Å². The van der Waals surface area contributed by atoms with Crippen LogP contribution in [-0.4, -0.2) is 13.9 Å². The Bertz CT molecular complexity index is 182. The molecule has 0 radical (unpaired) electrons. The molecule has 0 aliphatic rings. The molecule has 1 N–H and O–H groups in total. The molecule has 1 rings (SSSR count). The predicted octanol–water partition coefficient (Wildman–Crippen LogP) is 2.28. The highest BCUT2D eigenvalue weighted by molar-refractivity contribution is 6.54. The van der Waals surface area contributed by atoms with Crippen LogP contribution in [0.2, 0.25) is 19.6 Å². The molecule has 68 valence electrons. The van der Waals surface area contributed by atoms with Gasteiger partial charge in [-0.2, -0.15) is 0 Å². The highest BCUT2D eigenvalue weighted by Gasteiger charge is 1.81. The third-order valence-electron chi connectivity index (χ3n) is 1.03. The molecule has 0 spiro atoms. The smallest absolute Gasteiger partial charge is 0.0681 e.